The van der Waals surface area contributed by atoms with Gasteiger partial charge in [-0.15, -0.1) is 0 Å². The molecule has 2 N–H and O–H groups in total. The van der Waals surface area contributed by atoms with Gasteiger partial charge in [0, 0.05) is 17.8 Å². The fourth-order valence-electron chi connectivity index (χ4n) is 2.39. The van der Waals surface area contributed by atoms with Crippen molar-refractivity contribution in [3.63, 3.8) is 0 Å². The van der Waals surface area contributed by atoms with Crippen LogP contribution in [0, 0.1) is 0 Å². The number of carbonyl (C=O) groups excluding carboxylic acids is 1. The molecule has 0 aromatic heterocycles. The van der Waals surface area contributed by atoms with Crippen molar-refractivity contribution >= 4 is 27.3 Å². The third-order valence-electron chi connectivity index (χ3n) is 3.40. The van der Waals surface area contributed by atoms with Crippen molar-refractivity contribution in [1.82, 2.24) is 0 Å². The Labute approximate surface area is 134 Å². The topological polar surface area (TPSA) is 84.5 Å². The summed E-state index contributed by atoms with van der Waals surface area (Å²) in [5.41, 5.74) is 2.03. The second kappa shape index (κ2) is 5.92. The largest absolute Gasteiger partial charge is 0.480 e. The normalized spacial score (nSPS) is 16.3. The number of carbonyl (C=O) groups is 1. The molecule has 1 amide bonds. The molecule has 0 fully saturated rings. The molecule has 120 valence electrons. The molecule has 1 aliphatic rings. The van der Waals surface area contributed by atoms with Gasteiger partial charge < -0.3 is 10.1 Å². The molecule has 2 aromatic rings. The van der Waals surface area contributed by atoms with Crippen molar-refractivity contribution in [3.8, 4) is 5.75 Å². The van der Waals surface area contributed by atoms with Crippen LogP contribution in [0.4, 0.5) is 11.4 Å². The molecule has 0 unspecified atom stereocenters. The minimum Gasteiger partial charge on any atom is -0.480 e. The number of sulfonamides is 1. The summed E-state index contributed by atoms with van der Waals surface area (Å²) in [6, 6.07) is 14.0. The summed E-state index contributed by atoms with van der Waals surface area (Å²) in [7, 11) is -3.31. The average molecular weight is 332 g/mol. The van der Waals surface area contributed by atoms with Gasteiger partial charge in [-0.3, -0.25) is 9.52 Å². The molecule has 0 saturated carbocycles. The van der Waals surface area contributed by atoms with Gasteiger partial charge in [0.1, 0.15) is 5.75 Å². The van der Waals surface area contributed by atoms with Gasteiger partial charge in [-0.25, -0.2) is 8.42 Å². The first-order valence-electron chi connectivity index (χ1n) is 7.04. The lowest BCUT2D eigenvalue weighted by molar-refractivity contribution is -0.122. The molecule has 0 aliphatic carbocycles. The van der Waals surface area contributed by atoms with E-state index >= 15 is 0 Å². The van der Waals surface area contributed by atoms with Crippen LogP contribution in [-0.4, -0.2) is 26.7 Å². The van der Waals surface area contributed by atoms with E-state index in [0.717, 1.165) is 17.6 Å². The predicted molar refractivity (Wildman–Crippen MR) is 88.1 cm³/mol. The predicted octanol–water partition coefficient (Wildman–Crippen LogP) is 2.00. The number of hydrogen-bond donors (Lipinski definition) is 2. The standard InChI is InChI=1S/C16H16N2O4S/c1-23(20,21)18-13-8-6-12(7-9-13)17-16(19)15-10-11-4-2-3-5-14(11)22-15/h2-9,15,18H,10H2,1H3,(H,17,19)/t15-/m1/s1. The van der Waals surface area contributed by atoms with Gasteiger partial charge >= 0.3 is 0 Å². The van der Waals surface area contributed by atoms with Gasteiger partial charge in [-0.2, -0.15) is 0 Å². The molecule has 0 spiro atoms. The molecule has 0 saturated heterocycles. The van der Waals surface area contributed by atoms with Crippen LogP contribution >= 0.6 is 0 Å². The van der Waals surface area contributed by atoms with Gasteiger partial charge in [-0.1, -0.05) is 18.2 Å². The minimum absolute atomic E-state index is 0.231. The van der Waals surface area contributed by atoms with Crippen LogP contribution in [-0.2, 0) is 21.2 Å². The monoisotopic (exact) mass is 332 g/mol. The van der Waals surface area contributed by atoms with Crippen LogP contribution in [0.25, 0.3) is 0 Å². The summed E-state index contributed by atoms with van der Waals surface area (Å²) in [5, 5.41) is 2.77. The molecule has 7 heteroatoms. The number of nitrogens with one attached hydrogen (secondary N) is 2. The highest BCUT2D eigenvalue weighted by Gasteiger charge is 2.28. The summed E-state index contributed by atoms with van der Waals surface area (Å²) in [4.78, 5) is 12.2. The maximum Gasteiger partial charge on any atom is 0.265 e. The van der Waals surface area contributed by atoms with Crippen molar-refractivity contribution < 1.29 is 17.9 Å². The molecule has 3 rings (SSSR count). The summed E-state index contributed by atoms with van der Waals surface area (Å²) in [6.45, 7) is 0. The highest BCUT2D eigenvalue weighted by molar-refractivity contribution is 7.92. The van der Waals surface area contributed by atoms with E-state index in [1.165, 1.54) is 0 Å². The van der Waals surface area contributed by atoms with E-state index < -0.39 is 16.1 Å². The Morgan fingerprint density at radius 1 is 1.09 bits per heavy atom. The average Bonchev–Trinajstić information content (AvgIpc) is 2.92. The Hall–Kier alpha value is -2.54. The number of hydrogen-bond acceptors (Lipinski definition) is 4. The third kappa shape index (κ3) is 3.81. The number of rotatable bonds is 4. The number of para-hydroxylation sites is 1. The second-order valence-corrected chi connectivity index (χ2v) is 7.11. The maximum atomic E-state index is 12.2. The second-order valence-electron chi connectivity index (χ2n) is 5.36. The van der Waals surface area contributed by atoms with Gasteiger partial charge in [0.15, 0.2) is 6.10 Å². The Kier molecular flexibility index (Phi) is 3.96. The fourth-order valence-corrected chi connectivity index (χ4v) is 2.95. The lowest BCUT2D eigenvalue weighted by atomic mass is 10.1. The van der Waals surface area contributed by atoms with Crippen LogP contribution in [0.15, 0.2) is 48.5 Å². The van der Waals surface area contributed by atoms with E-state index in [1.807, 2.05) is 24.3 Å². The summed E-state index contributed by atoms with van der Waals surface area (Å²) in [5.74, 6) is 0.505. The first-order chi connectivity index (χ1) is 10.9. The smallest absolute Gasteiger partial charge is 0.265 e. The van der Waals surface area contributed by atoms with Crippen molar-refractivity contribution in [2.24, 2.45) is 0 Å². The van der Waals surface area contributed by atoms with Crippen LogP contribution in [0.1, 0.15) is 5.56 Å². The molecule has 2 aromatic carbocycles. The summed E-state index contributed by atoms with van der Waals surface area (Å²) >= 11 is 0. The van der Waals surface area contributed by atoms with E-state index in [9.17, 15) is 13.2 Å². The summed E-state index contributed by atoms with van der Waals surface area (Å²) in [6.07, 6.45) is 1.06. The quantitative estimate of drug-likeness (QED) is 0.897. The third-order valence-corrected chi connectivity index (χ3v) is 4.00. The SMILES string of the molecule is CS(=O)(=O)Nc1ccc(NC(=O)[C@H]2Cc3ccccc3O2)cc1. The zero-order valence-electron chi connectivity index (χ0n) is 12.4. The highest BCUT2D eigenvalue weighted by Crippen LogP contribution is 2.28. The molecule has 1 atom stereocenters. The molecular formula is C16H16N2O4S. The van der Waals surface area contributed by atoms with Crippen LogP contribution in [0.3, 0.4) is 0 Å². The number of anilines is 2. The van der Waals surface area contributed by atoms with Crippen molar-refractivity contribution in [1.29, 1.82) is 0 Å². The number of ether oxygens (including phenoxy) is 1. The van der Waals surface area contributed by atoms with E-state index in [1.54, 1.807) is 24.3 Å². The van der Waals surface area contributed by atoms with Crippen molar-refractivity contribution in [3.05, 3.63) is 54.1 Å². The highest BCUT2D eigenvalue weighted by atomic mass is 32.2. The number of fused-ring (bicyclic) bond motifs is 1. The number of amides is 1. The van der Waals surface area contributed by atoms with E-state index in [2.05, 4.69) is 10.0 Å². The Morgan fingerprint density at radius 2 is 1.74 bits per heavy atom. The van der Waals surface area contributed by atoms with Crippen molar-refractivity contribution in [2.45, 2.75) is 12.5 Å². The Balaban J connectivity index is 1.63. The summed E-state index contributed by atoms with van der Waals surface area (Å²) < 4.78 is 30.3. The maximum absolute atomic E-state index is 12.2. The van der Waals surface area contributed by atoms with Gasteiger partial charge in [0.05, 0.1) is 6.26 Å². The lowest BCUT2D eigenvalue weighted by Gasteiger charge is -2.12. The molecule has 1 heterocycles. The zero-order chi connectivity index (χ0) is 16.4. The van der Waals surface area contributed by atoms with Crippen LogP contribution < -0.4 is 14.8 Å². The molecule has 1 aliphatic heterocycles. The zero-order valence-corrected chi connectivity index (χ0v) is 13.3. The van der Waals surface area contributed by atoms with Gasteiger partial charge in [0.2, 0.25) is 10.0 Å². The first-order valence-corrected chi connectivity index (χ1v) is 8.93. The van der Waals surface area contributed by atoms with E-state index in [-0.39, 0.29) is 5.91 Å². The van der Waals surface area contributed by atoms with Gasteiger partial charge in [-0.05, 0) is 35.9 Å². The van der Waals surface area contributed by atoms with E-state index in [4.69, 9.17) is 4.74 Å². The molecular weight excluding hydrogens is 316 g/mol. The molecule has 23 heavy (non-hydrogen) atoms. The fraction of sp³-hybridized carbons (Fsp3) is 0.188. The number of benzene rings is 2. The van der Waals surface area contributed by atoms with Crippen LogP contribution in [0.5, 0.6) is 5.75 Å². The lowest BCUT2D eigenvalue weighted by Crippen LogP contribution is -2.31. The minimum atomic E-state index is -3.31. The molecule has 0 radical (unpaired) electrons. The molecule has 6 nitrogen and oxygen atoms in total. The van der Waals surface area contributed by atoms with E-state index in [0.29, 0.717) is 17.8 Å². The Morgan fingerprint density at radius 3 is 2.39 bits per heavy atom. The first kappa shape index (κ1) is 15.4. The van der Waals surface area contributed by atoms with Crippen molar-refractivity contribution in [2.75, 3.05) is 16.3 Å². The van der Waals surface area contributed by atoms with Crippen LogP contribution in [0.2, 0.25) is 0 Å². The van der Waals surface area contributed by atoms with Gasteiger partial charge in [0.25, 0.3) is 5.91 Å². The molecule has 0 bridgehead atoms. The Bertz CT molecular complexity index is 806.